The van der Waals surface area contributed by atoms with Gasteiger partial charge in [0.05, 0.1) is 11.4 Å². The topological polar surface area (TPSA) is 88.9 Å². The molecular formula is C20H19N5O2S. The highest BCUT2D eigenvalue weighted by molar-refractivity contribution is 7.99. The largest absolute Gasteiger partial charge is 0.349 e. The molecule has 2 N–H and O–H groups in total. The number of amides is 2. The molecule has 4 rings (SSSR count). The van der Waals surface area contributed by atoms with Crippen molar-refractivity contribution in [2.75, 3.05) is 11.1 Å². The first-order chi connectivity index (χ1) is 13.7. The molecule has 8 heteroatoms. The molecule has 1 fully saturated rings. The lowest BCUT2D eigenvalue weighted by Crippen LogP contribution is -2.25. The highest BCUT2D eigenvalue weighted by atomic mass is 32.2. The van der Waals surface area contributed by atoms with E-state index in [0.29, 0.717) is 22.4 Å². The van der Waals surface area contributed by atoms with Crippen molar-refractivity contribution in [3.8, 4) is 5.69 Å². The summed E-state index contributed by atoms with van der Waals surface area (Å²) in [6, 6.07) is 16.9. The zero-order chi connectivity index (χ0) is 19.3. The van der Waals surface area contributed by atoms with Crippen LogP contribution >= 0.6 is 11.8 Å². The van der Waals surface area contributed by atoms with E-state index in [2.05, 4.69) is 20.7 Å². The van der Waals surface area contributed by atoms with E-state index < -0.39 is 0 Å². The second kappa shape index (κ2) is 8.26. The van der Waals surface area contributed by atoms with Crippen LogP contribution in [-0.4, -0.2) is 38.4 Å². The van der Waals surface area contributed by atoms with E-state index in [4.69, 9.17) is 0 Å². The van der Waals surface area contributed by atoms with Crippen LogP contribution in [0.4, 0.5) is 5.69 Å². The van der Waals surface area contributed by atoms with E-state index in [1.54, 1.807) is 35.3 Å². The molecule has 0 spiro atoms. The van der Waals surface area contributed by atoms with Crippen LogP contribution in [0.3, 0.4) is 0 Å². The Kier molecular flexibility index (Phi) is 5.38. The van der Waals surface area contributed by atoms with E-state index in [-0.39, 0.29) is 17.6 Å². The number of carbonyl (C=O) groups excluding carboxylic acids is 2. The average molecular weight is 393 g/mol. The van der Waals surface area contributed by atoms with Crippen molar-refractivity contribution in [1.82, 2.24) is 20.1 Å². The molecule has 2 amide bonds. The van der Waals surface area contributed by atoms with Gasteiger partial charge in [0.15, 0.2) is 0 Å². The summed E-state index contributed by atoms with van der Waals surface area (Å²) in [4.78, 5) is 28.6. The highest BCUT2D eigenvalue weighted by Gasteiger charge is 2.23. The van der Waals surface area contributed by atoms with Crippen LogP contribution < -0.4 is 10.6 Å². The summed E-state index contributed by atoms with van der Waals surface area (Å²) >= 11 is 1.26. The molecule has 0 saturated heterocycles. The van der Waals surface area contributed by atoms with Gasteiger partial charge in [-0.1, -0.05) is 36.0 Å². The maximum atomic E-state index is 12.2. The van der Waals surface area contributed by atoms with E-state index in [1.165, 1.54) is 11.8 Å². The van der Waals surface area contributed by atoms with Gasteiger partial charge in [0.2, 0.25) is 11.1 Å². The number of hydrogen-bond acceptors (Lipinski definition) is 5. The van der Waals surface area contributed by atoms with E-state index in [9.17, 15) is 9.59 Å². The fourth-order valence-corrected chi connectivity index (χ4v) is 3.18. The number of hydrogen-bond donors (Lipinski definition) is 2. The second-order valence-corrected chi connectivity index (χ2v) is 7.42. The first-order valence-electron chi connectivity index (χ1n) is 8.98. The van der Waals surface area contributed by atoms with Gasteiger partial charge in [-0.2, -0.15) is 0 Å². The van der Waals surface area contributed by atoms with Crippen LogP contribution in [0, 0.1) is 0 Å². The Balaban J connectivity index is 1.31. The Labute approximate surface area is 166 Å². The van der Waals surface area contributed by atoms with E-state index in [1.807, 2.05) is 30.3 Å². The number of thioether (sulfide) groups is 1. The van der Waals surface area contributed by atoms with Gasteiger partial charge in [-0.25, -0.2) is 9.67 Å². The van der Waals surface area contributed by atoms with Gasteiger partial charge >= 0.3 is 0 Å². The summed E-state index contributed by atoms with van der Waals surface area (Å²) in [5, 5.41) is 10.6. The standard InChI is InChI=1S/C20H19N5O2S/c26-18(12-28-20-21-13-25(24-20)17-7-2-1-3-8-17)22-16-6-4-5-14(11-16)19(27)23-15-9-10-15/h1-8,11,13,15H,9-10,12H2,(H,22,26)(H,23,27). The monoisotopic (exact) mass is 393 g/mol. The van der Waals surface area contributed by atoms with Crippen molar-refractivity contribution in [2.24, 2.45) is 0 Å². The molecule has 0 aliphatic heterocycles. The van der Waals surface area contributed by atoms with E-state index >= 15 is 0 Å². The van der Waals surface area contributed by atoms with Crippen molar-refractivity contribution in [3.63, 3.8) is 0 Å². The quantitative estimate of drug-likeness (QED) is 0.603. The number of nitrogens with zero attached hydrogens (tertiary/aromatic N) is 3. The lowest BCUT2D eigenvalue weighted by molar-refractivity contribution is -0.113. The molecule has 1 aliphatic rings. The number of nitrogens with one attached hydrogen (secondary N) is 2. The summed E-state index contributed by atoms with van der Waals surface area (Å²) in [5.41, 5.74) is 2.05. The Hall–Kier alpha value is -3.13. The van der Waals surface area contributed by atoms with Gasteiger partial charge in [-0.15, -0.1) is 5.10 Å². The first-order valence-corrected chi connectivity index (χ1v) is 9.96. The minimum absolute atomic E-state index is 0.108. The van der Waals surface area contributed by atoms with Crippen LogP contribution in [0.15, 0.2) is 66.1 Å². The van der Waals surface area contributed by atoms with Crippen LogP contribution in [0.1, 0.15) is 23.2 Å². The molecule has 28 heavy (non-hydrogen) atoms. The molecule has 1 aliphatic carbocycles. The number of para-hydroxylation sites is 1. The van der Waals surface area contributed by atoms with Crippen molar-refractivity contribution >= 4 is 29.3 Å². The third kappa shape index (κ3) is 4.77. The molecular weight excluding hydrogens is 374 g/mol. The van der Waals surface area contributed by atoms with Crippen molar-refractivity contribution in [3.05, 3.63) is 66.5 Å². The smallest absolute Gasteiger partial charge is 0.251 e. The number of aromatic nitrogens is 3. The van der Waals surface area contributed by atoms with Crippen molar-refractivity contribution in [2.45, 2.75) is 24.0 Å². The third-order valence-electron chi connectivity index (χ3n) is 4.15. The summed E-state index contributed by atoms with van der Waals surface area (Å²) in [7, 11) is 0. The molecule has 0 atom stereocenters. The van der Waals surface area contributed by atoms with Gasteiger partial charge in [0.25, 0.3) is 5.91 Å². The van der Waals surface area contributed by atoms with Crippen molar-refractivity contribution in [1.29, 1.82) is 0 Å². The zero-order valence-corrected chi connectivity index (χ0v) is 15.9. The lowest BCUT2D eigenvalue weighted by Gasteiger charge is -2.07. The second-order valence-electron chi connectivity index (χ2n) is 6.47. The predicted octanol–water partition coefficient (Wildman–Crippen LogP) is 2.89. The highest BCUT2D eigenvalue weighted by Crippen LogP contribution is 2.20. The van der Waals surface area contributed by atoms with Gasteiger partial charge in [-0.05, 0) is 43.2 Å². The molecule has 3 aromatic rings. The van der Waals surface area contributed by atoms with E-state index in [0.717, 1.165) is 18.5 Å². The molecule has 1 saturated carbocycles. The SMILES string of the molecule is O=C(CSc1ncn(-c2ccccc2)n1)Nc1cccc(C(=O)NC2CC2)c1. The molecule has 0 radical (unpaired) electrons. The maximum absolute atomic E-state index is 12.2. The summed E-state index contributed by atoms with van der Waals surface area (Å²) in [6.45, 7) is 0. The Morgan fingerprint density at radius 3 is 2.71 bits per heavy atom. The molecule has 1 aromatic heterocycles. The Morgan fingerprint density at radius 1 is 1.11 bits per heavy atom. The molecule has 142 valence electrons. The lowest BCUT2D eigenvalue weighted by atomic mass is 10.2. The van der Waals surface area contributed by atoms with Gasteiger partial charge in [0.1, 0.15) is 6.33 Å². The predicted molar refractivity (Wildman–Crippen MR) is 108 cm³/mol. The number of rotatable bonds is 7. The average Bonchev–Trinajstić information content (AvgIpc) is 3.40. The fraction of sp³-hybridized carbons (Fsp3) is 0.200. The molecule has 2 aromatic carbocycles. The third-order valence-corrected chi connectivity index (χ3v) is 5.00. The number of carbonyl (C=O) groups is 2. The number of benzene rings is 2. The molecule has 0 bridgehead atoms. The summed E-state index contributed by atoms with van der Waals surface area (Å²) < 4.78 is 1.67. The van der Waals surface area contributed by atoms with Gasteiger partial charge in [-0.3, -0.25) is 9.59 Å². The molecule has 7 nitrogen and oxygen atoms in total. The van der Waals surface area contributed by atoms with Gasteiger partial charge in [0, 0.05) is 17.3 Å². The van der Waals surface area contributed by atoms with Crippen LogP contribution in [0.5, 0.6) is 0 Å². The van der Waals surface area contributed by atoms with Crippen LogP contribution in [-0.2, 0) is 4.79 Å². The summed E-state index contributed by atoms with van der Waals surface area (Å²) in [5.74, 6) is -0.110. The number of anilines is 1. The van der Waals surface area contributed by atoms with Crippen LogP contribution in [0.25, 0.3) is 5.69 Å². The minimum Gasteiger partial charge on any atom is -0.349 e. The van der Waals surface area contributed by atoms with Gasteiger partial charge < -0.3 is 10.6 Å². The minimum atomic E-state index is -0.180. The zero-order valence-electron chi connectivity index (χ0n) is 15.0. The maximum Gasteiger partial charge on any atom is 0.251 e. The van der Waals surface area contributed by atoms with Crippen molar-refractivity contribution < 1.29 is 9.59 Å². The Bertz CT molecular complexity index is 985. The first kappa shape index (κ1) is 18.2. The molecule has 1 heterocycles. The fourth-order valence-electron chi connectivity index (χ4n) is 2.58. The summed E-state index contributed by atoms with van der Waals surface area (Å²) in [6.07, 6.45) is 3.69. The Morgan fingerprint density at radius 2 is 1.93 bits per heavy atom. The van der Waals surface area contributed by atoms with Crippen LogP contribution in [0.2, 0.25) is 0 Å². The molecule has 0 unspecified atom stereocenters. The normalized spacial score (nSPS) is 13.1.